The van der Waals surface area contributed by atoms with Crippen LogP contribution in [0.25, 0.3) is 0 Å². The van der Waals surface area contributed by atoms with Crippen LogP contribution >= 0.6 is 0 Å². The summed E-state index contributed by atoms with van der Waals surface area (Å²) in [5.41, 5.74) is 0.388. The number of aliphatic hydroxyl groups excluding tert-OH is 1. The van der Waals surface area contributed by atoms with Gasteiger partial charge in [0.15, 0.2) is 0 Å². The number of amides is 1. The molecule has 4 heteroatoms. The molecule has 1 aliphatic rings. The Morgan fingerprint density at radius 1 is 1.65 bits per heavy atom. The van der Waals surface area contributed by atoms with Gasteiger partial charge in [-0.2, -0.15) is 0 Å². The Morgan fingerprint density at radius 3 is 3.12 bits per heavy atom. The number of aromatic nitrogens is 1. The van der Waals surface area contributed by atoms with E-state index in [-0.39, 0.29) is 17.4 Å². The minimum absolute atomic E-state index is 0.103. The number of H-pyrrole nitrogens is 1. The Bertz CT molecular complexity index is 375. The molecular formula is C13H20N2O2. The van der Waals surface area contributed by atoms with Crippen molar-refractivity contribution in [3.05, 3.63) is 24.0 Å². The number of aliphatic hydroxyl groups is 1. The van der Waals surface area contributed by atoms with E-state index in [2.05, 4.69) is 10.3 Å². The van der Waals surface area contributed by atoms with Gasteiger partial charge < -0.3 is 15.4 Å². The first-order chi connectivity index (χ1) is 8.12. The number of carbonyl (C=O) groups excluding carboxylic acids is 1. The number of rotatable bonds is 3. The summed E-state index contributed by atoms with van der Waals surface area (Å²) in [5.74, 6) is -0.103. The van der Waals surface area contributed by atoms with Gasteiger partial charge in [-0.25, -0.2) is 0 Å². The Morgan fingerprint density at radius 2 is 2.47 bits per heavy atom. The fraction of sp³-hybridized carbons (Fsp3) is 0.615. The van der Waals surface area contributed by atoms with Gasteiger partial charge in [-0.05, 0) is 25.0 Å². The molecule has 0 radical (unpaired) electrons. The number of carbonyl (C=O) groups is 1. The van der Waals surface area contributed by atoms with Crippen molar-refractivity contribution < 1.29 is 9.90 Å². The van der Waals surface area contributed by atoms with Crippen molar-refractivity contribution in [1.82, 2.24) is 10.3 Å². The van der Waals surface area contributed by atoms with Crippen LogP contribution in [0.1, 0.15) is 43.1 Å². The third-order valence-electron chi connectivity index (χ3n) is 3.78. The second kappa shape index (κ2) is 4.92. The predicted octanol–water partition coefficient (Wildman–Crippen LogP) is 1.69. The van der Waals surface area contributed by atoms with E-state index in [4.69, 9.17) is 0 Å². The fourth-order valence-electron chi connectivity index (χ4n) is 2.44. The van der Waals surface area contributed by atoms with E-state index < -0.39 is 0 Å². The highest BCUT2D eigenvalue weighted by Gasteiger charge is 2.35. The number of hydrogen-bond donors (Lipinski definition) is 3. The lowest BCUT2D eigenvalue weighted by Crippen LogP contribution is -2.45. The van der Waals surface area contributed by atoms with Crippen LogP contribution < -0.4 is 5.32 Å². The minimum Gasteiger partial charge on any atom is -0.392 e. The molecule has 94 valence electrons. The van der Waals surface area contributed by atoms with Crippen LogP contribution in [0.5, 0.6) is 0 Å². The molecule has 2 atom stereocenters. The predicted molar refractivity (Wildman–Crippen MR) is 65.7 cm³/mol. The summed E-state index contributed by atoms with van der Waals surface area (Å²) in [6.07, 6.45) is 5.45. The summed E-state index contributed by atoms with van der Waals surface area (Å²) < 4.78 is 0. The summed E-state index contributed by atoms with van der Waals surface area (Å²) in [7, 11) is 0. The Hall–Kier alpha value is -1.29. The number of nitrogens with one attached hydrogen (secondary N) is 2. The first kappa shape index (κ1) is 12.2. The lowest BCUT2D eigenvalue weighted by Gasteiger charge is -2.38. The summed E-state index contributed by atoms with van der Waals surface area (Å²) in [5, 5.41) is 12.9. The minimum atomic E-state index is -0.305. The normalized spacial score (nSPS) is 28.9. The van der Waals surface area contributed by atoms with Gasteiger partial charge in [0.25, 0.3) is 5.91 Å². The quantitative estimate of drug-likeness (QED) is 0.747. The molecular weight excluding hydrogens is 216 g/mol. The van der Waals surface area contributed by atoms with Crippen molar-refractivity contribution in [2.45, 2.75) is 38.7 Å². The van der Waals surface area contributed by atoms with Crippen molar-refractivity contribution in [2.75, 3.05) is 6.54 Å². The third kappa shape index (κ3) is 2.69. The van der Waals surface area contributed by atoms with Gasteiger partial charge in [0, 0.05) is 18.2 Å². The van der Waals surface area contributed by atoms with E-state index >= 15 is 0 Å². The maximum atomic E-state index is 11.8. The smallest absolute Gasteiger partial charge is 0.267 e. The van der Waals surface area contributed by atoms with Gasteiger partial charge in [-0.3, -0.25) is 4.79 Å². The van der Waals surface area contributed by atoms with Crippen molar-refractivity contribution in [2.24, 2.45) is 5.41 Å². The largest absolute Gasteiger partial charge is 0.392 e. The highest BCUT2D eigenvalue weighted by Crippen LogP contribution is 2.35. The summed E-state index contributed by atoms with van der Waals surface area (Å²) in [6.45, 7) is 2.58. The van der Waals surface area contributed by atoms with E-state index in [9.17, 15) is 9.90 Å². The Kier molecular flexibility index (Phi) is 3.52. The molecule has 3 N–H and O–H groups in total. The van der Waals surface area contributed by atoms with Crippen LogP contribution in [-0.2, 0) is 0 Å². The van der Waals surface area contributed by atoms with Crippen LogP contribution in [0.3, 0.4) is 0 Å². The maximum absolute atomic E-state index is 11.8. The molecule has 0 aliphatic heterocycles. The summed E-state index contributed by atoms with van der Waals surface area (Å²) >= 11 is 0. The van der Waals surface area contributed by atoms with Gasteiger partial charge in [0.1, 0.15) is 5.69 Å². The SMILES string of the molecule is C[C@@]1(CNC(=O)c2ccc[nH]2)CCCC[C@@H]1O. The van der Waals surface area contributed by atoms with Crippen molar-refractivity contribution in [3.8, 4) is 0 Å². The molecule has 2 rings (SSSR count). The van der Waals surface area contributed by atoms with E-state index in [1.54, 1.807) is 18.3 Å². The lowest BCUT2D eigenvalue weighted by molar-refractivity contribution is 0.00187. The van der Waals surface area contributed by atoms with Crippen LogP contribution in [0.15, 0.2) is 18.3 Å². The zero-order chi connectivity index (χ0) is 12.3. The van der Waals surface area contributed by atoms with E-state index in [0.29, 0.717) is 12.2 Å². The van der Waals surface area contributed by atoms with E-state index in [0.717, 1.165) is 25.7 Å². The molecule has 0 bridgehead atoms. The monoisotopic (exact) mass is 236 g/mol. The molecule has 0 aromatic carbocycles. The molecule has 0 spiro atoms. The molecule has 1 aliphatic carbocycles. The molecule has 1 amide bonds. The molecule has 1 aromatic rings. The zero-order valence-corrected chi connectivity index (χ0v) is 10.2. The highest BCUT2D eigenvalue weighted by atomic mass is 16.3. The lowest BCUT2D eigenvalue weighted by atomic mass is 9.73. The van der Waals surface area contributed by atoms with E-state index in [1.165, 1.54) is 0 Å². The average Bonchev–Trinajstić information content (AvgIpc) is 2.84. The Balaban J connectivity index is 1.91. The van der Waals surface area contributed by atoms with Gasteiger partial charge in [0.05, 0.1) is 6.10 Å². The highest BCUT2D eigenvalue weighted by molar-refractivity contribution is 5.92. The Labute approximate surface area is 101 Å². The van der Waals surface area contributed by atoms with Gasteiger partial charge >= 0.3 is 0 Å². The molecule has 1 heterocycles. The topological polar surface area (TPSA) is 65.1 Å². The standard InChI is InChI=1S/C13H20N2O2/c1-13(7-3-2-6-11(13)16)9-15-12(17)10-5-4-8-14-10/h4-5,8,11,14,16H,2-3,6-7,9H2,1H3,(H,15,17)/t11-,13-/m0/s1. The number of aromatic amines is 1. The van der Waals surface area contributed by atoms with Gasteiger partial charge in [-0.1, -0.05) is 19.8 Å². The van der Waals surface area contributed by atoms with Gasteiger partial charge in [0.2, 0.25) is 0 Å². The van der Waals surface area contributed by atoms with Crippen LogP contribution in [0.2, 0.25) is 0 Å². The molecule has 0 unspecified atom stereocenters. The second-order valence-corrected chi connectivity index (χ2v) is 5.18. The first-order valence-electron chi connectivity index (χ1n) is 6.21. The van der Waals surface area contributed by atoms with Crippen molar-refractivity contribution in [3.63, 3.8) is 0 Å². The zero-order valence-electron chi connectivity index (χ0n) is 10.2. The molecule has 0 saturated heterocycles. The molecule has 17 heavy (non-hydrogen) atoms. The fourth-order valence-corrected chi connectivity index (χ4v) is 2.44. The van der Waals surface area contributed by atoms with E-state index in [1.807, 2.05) is 6.92 Å². The average molecular weight is 236 g/mol. The third-order valence-corrected chi connectivity index (χ3v) is 3.78. The van der Waals surface area contributed by atoms with Crippen LogP contribution in [-0.4, -0.2) is 28.6 Å². The first-order valence-corrected chi connectivity index (χ1v) is 6.21. The maximum Gasteiger partial charge on any atom is 0.267 e. The van der Waals surface area contributed by atoms with Crippen molar-refractivity contribution >= 4 is 5.91 Å². The second-order valence-electron chi connectivity index (χ2n) is 5.18. The molecule has 1 saturated carbocycles. The van der Waals surface area contributed by atoms with Crippen molar-refractivity contribution in [1.29, 1.82) is 0 Å². The molecule has 1 aromatic heterocycles. The summed E-state index contributed by atoms with van der Waals surface area (Å²) in [6, 6.07) is 3.54. The molecule has 1 fully saturated rings. The van der Waals surface area contributed by atoms with Crippen LogP contribution in [0, 0.1) is 5.41 Å². The molecule has 4 nitrogen and oxygen atoms in total. The number of hydrogen-bond acceptors (Lipinski definition) is 2. The van der Waals surface area contributed by atoms with Crippen LogP contribution in [0.4, 0.5) is 0 Å². The van der Waals surface area contributed by atoms with Gasteiger partial charge in [-0.15, -0.1) is 0 Å². The summed E-state index contributed by atoms with van der Waals surface area (Å²) in [4.78, 5) is 14.6.